The van der Waals surface area contributed by atoms with Gasteiger partial charge >= 0.3 is 0 Å². The summed E-state index contributed by atoms with van der Waals surface area (Å²) in [5, 5.41) is 0. The quantitative estimate of drug-likeness (QED) is 0.157. The van der Waals surface area contributed by atoms with Gasteiger partial charge in [-0.25, -0.2) is 4.57 Å². The van der Waals surface area contributed by atoms with Crippen molar-refractivity contribution in [2.24, 2.45) is 7.05 Å². The molecule has 0 radical (unpaired) electrons. The molecule has 2 aliphatic heterocycles. The molecule has 3 nitrogen and oxygen atoms in total. The predicted octanol–water partition coefficient (Wildman–Crippen LogP) is 11.0. The molecule has 0 spiro atoms. The molecular formula is C37H24Br6N3+3. The highest BCUT2D eigenvalue weighted by Gasteiger charge is 2.54. The zero-order valence-corrected chi connectivity index (χ0v) is 33.7. The molecule has 3 unspecified atom stereocenters. The molecule has 3 aromatic carbocycles. The molecule has 0 aliphatic carbocycles. The topological polar surface area (TPSA) is 11.6 Å². The van der Waals surface area contributed by atoms with E-state index in [0.29, 0.717) is 0 Å². The Morgan fingerprint density at radius 1 is 0.413 bits per heavy atom. The third kappa shape index (κ3) is 5.24. The molecule has 0 fully saturated rings. The van der Waals surface area contributed by atoms with Gasteiger partial charge in [-0.15, -0.1) is 0 Å². The second-order valence-corrected chi connectivity index (χ2v) is 17.2. The van der Waals surface area contributed by atoms with Crippen LogP contribution in [0, 0.1) is 0 Å². The van der Waals surface area contributed by atoms with Gasteiger partial charge < -0.3 is 0 Å². The number of nitrogens with zero attached hydrogens (tertiary/aromatic N) is 3. The maximum atomic E-state index is 3.82. The van der Waals surface area contributed by atoms with E-state index in [1.54, 1.807) is 0 Å². The molecular weight excluding hydrogens is 966 g/mol. The van der Waals surface area contributed by atoms with Crippen molar-refractivity contribution in [3.8, 4) is 33.8 Å². The zero-order chi connectivity index (χ0) is 31.9. The van der Waals surface area contributed by atoms with Crippen LogP contribution in [0.1, 0.15) is 34.7 Å². The Labute approximate surface area is 318 Å². The summed E-state index contributed by atoms with van der Waals surface area (Å²) in [6, 6.07) is 33.4. The summed E-state index contributed by atoms with van der Waals surface area (Å²) in [5.74, 6) is 0.0477. The fraction of sp³-hybridized carbons (Fsp3) is 0.108. The van der Waals surface area contributed by atoms with Crippen molar-refractivity contribution < 1.29 is 13.7 Å². The number of hydrogen-bond acceptors (Lipinski definition) is 0. The summed E-state index contributed by atoms with van der Waals surface area (Å²) < 4.78 is 13.5. The van der Waals surface area contributed by atoms with E-state index in [2.05, 4.69) is 226 Å². The van der Waals surface area contributed by atoms with E-state index in [-0.39, 0.29) is 18.0 Å². The van der Waals surface area contributed by atoms with Gasteiger partial charge in [-0.3, -0.25) is 0 Å². The molecule has 0 saturated carbocycles. The molecule has 3 atom stereocenters. The summed E-state index contributed by atoms with van der Waals surface area (Å²) in [6.45, 7) is 0. The molecule has 0 N–H and O–H groups in total. The lowest BCUT2D eigenvalue weighted by molar-refractivity contribution is -0.740. The van der Waals surface area contributed by atoms with Crippen LogP contribution in [0.2, 0.25) is 0 Å². The summed E-state index contributed by atoms with van der Waals surface area (Å²) in [4.78, 5) is 0. The van der Waals surface area contributed by atoms with Crippen molar-refractivity contribution in [3.63, 3.8) is 0 Å². The number of aromatic nitrogens is 3. The number of halogens is 6. The lowest BCUT2D eigenvalue weighted by Gasteiger charge is -2.33. The highest BCUT2D eigenvalue weighted by atomic mass is 79.9. The molecule has 0 amide bonds. The highest BCUT2D eigenvalue weighted by molar-refractivity contribution is 9.11. The fourth-order valence-electron chi connectivity index (χ4n) is 7.30. The van der Waals surface area contributed by atoms with Gasteiger partial charge in [-0.05, 0) is 42.0 Å². The Hall–Kier alpha value is -2.01. The summed E-state index contributed by atoms with van der Waals surface area (Å²) in [5.41, 5.74) is 11.1. The van der Waals surface area contributed by atoms with E-state index < -0.39 is 0 Å². The molecule has 9 heteroatoms. The van der Waals surface area contributed by atoms with Crippen LogP contribution >= 0.6 is 95.6 Å². The van der Waals surface area contributed by atoms with Gasteiger partial charge in [0, 0.05) is 74.4 Å². The normalized spacial score (nSPS) is 17.7. The molecule has 6 aromatic rings. The van der Waals surface area contributed by atoms with Gasteiger partial charge in [0.15, 0.2) is 30.7 Å². The molecule has 0 bridgehead atoms. The van der Waals surface area contributed by atoms with E-state index in [9.17, 15) is 0 Å². The van der Waals surface area contributed by atoms with E-state index in [4.69, 9.17) is 0 Å². The highest BCUT2D eigenvalue weighted by Crippen LogP contribution is 2.53. The molecule has 0 saturated heterocycles. The number of pyridine rings is 3. The monoisotopic (exact) mass is 984 g/mol. The smallest absolute Gasteiger partial charge is 0.201 e. The second kappa shape index (κ2) is 12.1. The minimum atomic E-state index is -0.0394. The number of aryl methyl sites for hydroxylation is 1. The van der Waals surface area contributed by atoms with Crippen molar-refractivity contribution in [2.75, 3.05) is 0 Å². The Kier molecular flexibility index (Phi) is 8.26. The summed E-state index contributed by atoms with van der Waals surface area (Å²) >= 11 is 22.7. The lowest BCUT2D eigenvalue weighted by Crippen LogP contribution is -2.53. The maximum absolute atomic E-state index is 3.82. The first-order valence-corrected chi connectivity index (χ1v) is 19.4. The SMILES string of the molecule is C[n+]1ccc(Br)cc1-c1cc(Br)ccc1C1C(C2c3ccc(Br)cc3-c3cc(Br)cc[n+]32)c2ccc(Br)cc2-c2cc(Br)cc[n+]21. The van der Waals surface area contributed by atoms with Gasteiger partial charge in [0.05, 0.1) is 16.7 Å². The van der Waals surface area contributed by atoms with Gasteiger partial charge in [-0.2, -0.15) is 9.13 Å². The lowest BCUT2D eigenvalue weighted by atomic mass is 9.73. The number of hydrogen-bond donors (Lipinski definition) is 0. The van der Waals surface area contributed by atoms with Gasteiger partial charge in [-0.1, -0.05) is 114 Å². The van der Waals surface area contributed by atoms with Crippen LogP contribution in [0.3, 0.4) is 0 Å². The van der Waals surface area contributed by atoms with Crippen LogP contribution in [0.5, 0.6) is 0 Å². The Balaban J connectivity index is 1.48. The standard InChI is InChI=1S/C37H24Br6N3/c1-44-11-8-23(41)17-32(44)30-15-21(39)3-6-27(30)36-35(26-5-2-20(38)14-29(26)33-18-24(42)9-12-45(33)36)37-28-7-4-22(40)16-31(28)34-19-25(43)10-13-46(34)37/h2-19,35-37H,1H3/q+3. The van der Waals surface area contributed by atoms with Crippen molar-refractivity contribution in [1.29, 1.82) is 0 Å². The van der Waals surface area contributed by atoms with E-state index >= 15 is 0 Å². The Morgan fingerprint density at radius 2 is 0.783 bits per heavy atom. The molecule has 2 aliphatic rings. The van der Waals surface area contributed by atoms with Crippen LogP contribution in [0.15, 0.2) is 136 Å². The van der Waals surface area contributed by atoms with Crippen LogP contribution in [0.4, 0.5) is 0 Å². The Bertz CT molecular complexity index is 2180. The molecule has 46 heavy (non-hydrogen) atoms. The minimum absolute atomic E-state index is 0.0354. The molecule has 3 aromatic heterocycles. The van der Waals surface area contributed by atoms with E-state index in [1.807, 2.05) is 0 Å². The zero-order valence-electron chi connectivity index (χ0n) is 24.2. The molecule has 8 rings (SSSR count). The van der Waals surface area contributed by atoms with Crippen molar-refractivity contribution in [3.05, 3.63) is 153 Å². The number of rotatable bonds is 3. The van der Waals surface area contributed by atoms with Crippen LogP contribution in [-0.4, -0.2) is 0 Å². The fourth-order valence-corrected chi connectivity index (χ4v) is 9.39. The Morgan fingerprint density at radius 3 is 1.28 bits per heavy atom. The van der Waals surface area contributed by atoms with Gasteiger partial charge in [0.2, 0.25) is 17.1 Å². The van der Waals surface area contributed by atoms with Crippen LogP contribution in [0.25, 0.3) is 33.8 Å². The summed E-state index contributed by atoms with van der Waals surface area (Å²) in [6.07, 6.45) is 6.60. The largest absolute Gasteiger partial charge is 0.214 e. The minimum Gasteiger partial charge on any atom is -0.201 e. The first kappa shape index (κ1) is 31.3. The first-order chi connectivity index (χ1) is 22.2. The van der Waals surface area contributed by atoms with Crippen molar-refractivity contribution in [1.82, 2.24) is 0 Å². The molecule has 5 heterocycles. The van der Waals surface area contributed by atoms with Crippen LogP contribution < -0.4 is 13.7 Å². The third-order valence-corrected chi connectivity index (χ3v) is 12.1. The van der Waals surface area contributed by atoms with Crippen molar-refractivity contribution >= 4 is 95.6 Å². The number of benzene rings is 3. The molecule has 226 valence electrons. The van der Waals surface area contributed by atoms with E-state index in [1.165, 1.54) is 44.8 Å². The average Bonchev–Trinajstić information content (AvgIpc) is 3.34. The third-order valence-electron chi connectivity index (χ3n) is 9.16. The summed E-state index contributed by atoms with van der Waals surface area (Å²) in [7, 11) is 2.12. The second-order valence-electron chi connectivity index (χ2n) is 11.7. The predicted molar refractivity (Wildman–Crippen MR) is 202 cm³/mol. The average molecular weight is 990 g/mol. The number of fused-ring (bicyclic) bond motifs is 6. The van der Waals surface area contributed by atoms with Crippen LogP contribution in [-0.2, 0) is 7.05 Å². The van der Waals surface area contributed by atoms with E-state index in [0.717, 1.165) is 32.5 Å². The maximum Gasteiger partial charge on any atom is 0.214 e. The van der Waals surface area contributed by atoms with Gasteiger partial charge in [0.25, 0.3) is 0 Å². The van der Waals surface area contributed by atoms with Gasteiger partial charge in [0.1, 0.15) is 13.0 Å². The first-order valence-electron chi connectivity index (χ1n) is 14.6. The van der Waals surface area contributed by atoms with Crippen molar-refractivity contribution in [2.45, 2.75) is 18.0 Å².